The number of ether oxygens (including phenoxy) is 2. The zero-order valence-corrected chi connectivity index (χ0v) is 15.9. The molecule has 4 N–H and O–H groups in total. The zero-order valence-electron chi connectivity index (χ0n) is 14.3. The molecule has 0 spiro atoms. The van der Waals surface area contributed by atoms with Gasteiger partial charge in [-0.3, -0.25) is 13.9 Å². The number of aromatic hydroxyl groups is 2. The van der Waals surface area contributed by atoms with Crippen molar-refractivity contribution in [3.8, 4) is 23.0 Å². The van der Waals surface area contributed by atoms with E-state index >= 15 is 0 Å². The molecule has 0 aliphatic heterocycles. The van der Waals surface area contributed by atoms with Gasteiger partial charge in [0.25, 0.3) is 20.2 Å². The van der Waals surface area contributed by atoms with Gasteiger partial charge < -0.3 is 19.7 Å². The quantitative estimate of drug-likeness (QED) is 0.373. The van der Waals surface area contributed by atoms with Gasteiger partial charge in [-0.1, -0.05) is 0 Å². The predicted molar refractivity (Wildman–Crippen MR) is 92.4 cm³/mol. The van der Waals surface area contributed by atoms with E-state index in [9.17, 15) is 36.4 Å². The second-order valence-electron chi connectivity index (χ2n) is 5.29. The first kappa shape index (κ1) is 21.4. The molecule has 0 aliphatic carbocycles. The van der Waals surface area contributed by atoms with Crippen LogP contribution in [0.15, 0.2) is 34.1 Å². The Morgan fingerprint density at radius 3 is 1.89 bits per heavy atom. The van der Waals surface area contributed by atoms with Gasteiger partial charge in [-0.05, 0) is 18.2 Å². The topological polar surface area (TPSA) is 185 Å². The first-order valence-electron chi connectivity index (χ1n) is 7.13. The van der Waals surface area contributed by atoms with E-state index in [0.29, 0.717) is 6.07 Å². The summed E-state index contributed by atoms with van der Waals surface area (Å²) in [6.45, 7) is 0. The highest BCUT2D eigenvalue weighted by Crippen LogP contribution is 2.39. The van der Waals surface area contributed by atoms with Crippen molar-refractivity contribution in [2.75, 3.05) is 14.2 Å². The van der Waals surface area contributed by atoms with Crippen LogP contribution >= 0.6 is 0 Å². The van der Waals surface area contributed by atoms with Crippen molar-refractivity contribution in [1.29, 1.82) is 0 Å². The summed E-state index contributed by atoms with van der Waals surface area (Å²) < 4.78 is 73.5. The largest absolute Gasteiger partial charge is 0.507 e. The van der Waals surface area contributed by atoms with Crippen LogP contribution in [0.4, 0.5) is 0 Å². The third-order valence-electron chi connectivity index (χ3n) is 3.63. The van der Waals surface area contributed by atoms with Crippen LogP contribution in [0, 0.1) is 0 Å². The Hall–Kier alpha value is -2.87. The minimum atomic E-state index is -4.84. The van der Waals surface area contributed by atoms with E-state index in [0.717, 1.165) is 32.4 Å². The maximum absolute atomic E-state index is 12.7. The highest BCUT2D eigenvalue weighted by molar-refractivity contribution is 7.86. The smallest absolute Gasteiger partial charge is 0.298 e. The van der Waals surface area contributed by atoms with Gasteiger partial charge in [-0.15, -0.1) is 0 Å². The maximum Gasteiger partial charge on any atom is 0.298 e. The predicted octanol–water partition coefficient (Wildman–Crippen LogP) is 0.839. The maximum atomic E-state index is 12.7. The molecule has 0 fully saturated rings. The van der Waals surface area contributed by atoms with Crippen molar-refractivity contribution >= 4 is 26.0 Å². The van der Waals surface area contributed by atoms with Crippen molar-refractivity contribution in [2.24, 2.45) is 0 Å². The molecular formula is C15H14O11S2. The molecule has 11 nitrogen and oxygen atoms in total. The summed E-state index contributed by atoms with van der Waals surface area (Å²) in [5.74, 6) is -4.04. The Kier molecular flexibility index (Phi) is 5.57. The van der Waals surface area contributed by atoms with Crippen LogP contribution in [0.25, 0.3) is 0 Å². The Bertz CT molecular complexity index is 1160. The van der Waals surface area contributed by atoms with Gasteiger partial charge in [-0.25, -0.2) is 0 Å². The van der Waals surface area contributed by atoms with Gasteiger partial charge in [0.05, 0.1) is 25.3 Å². The number of hydrogen-bond acceptors (Lipinski definition) is 9. The van der Waals surface area contributed by atoms with Crippen LogP contribution in [-0.2, 0) is 20.2 Å². The third-order valence-corrected chi connectivity index (χ3v) is 5.38. The van der Waals surface area contributed by atoms with E-state index in [-0.39, 0.29) is 0 Å². The summed E-state index contributed by atoms with van der Waals surface area (Å²) in [6, 6.07) is 2.97. The number of benzene rings is 2. The molecule has 13 heteroatoms. The molecule has 0 saturated heterocycles. The van der Waals surface area contributed by atoms with Crippen molar-refractivity contribution in [2.45, 2.75) is 9.79 Å². The van der Waals surface area contributed by atoms with E-state index in [4.69, 9.17) is 14.0 Å². The number of carbonyl (C=O) groups is 1. The zero-order chi connectivity index (χ0) is 21.4. The Balaban J connectivity index is 2.74. The lowest BCUT2D eigenvalue weighted by molar-refractivity contribution is 0.103. The van der Waals surface area contributed by atoms with Gasteiger partial charge in [0.2, 0.25) is 5.78 Å². The van der Waals surface area contributed by atoms with Crippen LogP contribution < -0.4 is 9.47 Å². The summed E-state index contributed by atoms with van der Waals surface area (Å²) in [7, 11) is -7.59. The number of methoxy groups -OCH3 is 2. The standard InChI is InChI=1S/C15H14O11S2/c1-25-10-6-9(16)8(5-12(10)28(22,23)24)13(17)7-3-4-11(27(19,20)21)15(26-2)14(7)18/h3-6,16,18H,1-2H3,(H,19,20,21)(H,22,23,24). The molecule has 0 unspecified atom stereocenters. The molecule has 2 rings (SSSR count). The van der Waals surface area contributed by atoms with Crippen LogP contribution in [0.2, 0.25) is 0 Å². The first-order valence-corrected chi connectivity index (χ1v) is 10.0. The molecule has 2 aromatic carbocycles. The molecule has 0 atom stereocenters. The molecule has 0 saturated carbocycles. The highest BCUT2D eigenvalue weighted by atomic mass is 32.2. The molecular weight excluding hydrogens is 420 g/mol. The SMILES string of the molecule is COc1cc(O)c(C(=O)c2ccc(S(=O)(=O)O)c(OC)c2O)cc1S(=O)(=O)O. The number of phenolic OH excluding ortho intramolecular Hbond substituents is 2. The molecule has 2 aromatic rings. The highest BCUT2D eigenvalue weighted by Gasteiger charge is 2.28. The molecule has 0 aliphatic rings. The minimum Gasteiger partial charge on any atom is -0.507 e. The van der Waals surface area contributed by atoms with Gasteiger partial charge >= 0.3 is 0 Å². The number of rotatable bonds is 6. The lowest BCUT2D eigenvalue weighted by atomic mass is 10.0. The molecule has 0 bridgehead atoms. The molecule has 28 heavy (non-hydrogen) atoms. The summed E-state index contributed by atoms with van der Waals surface area (Å²) >= 11 is 0. The second kappa shape index (κ2) is 7.27. The molecule has 0 aromatic heterocycles. The third kappa shape index (κ3) is 3.87. The second-order valence-corrected chi connectivity index (χ2v) is 8.07. The lowest BCUT2D eigenvalue weighted by Gasteiger charge is -2.13. The van der Waals surface area contributed by atoms with E-state index in [1.807, 2.05) is 0 Å². The normalized spacial score (nSPS) is 11.9. The number of hydrogen-bond donors (Lipinski definition) is 4. The Morgan fingerprint density at radius 1 is 0.857 bits per heavy atom. The van der Waals surface area contributed by atoms with Gasteiger partial charge in [0.15, 0.2) is 11.5 Å². The monoisotopic (exact) mass is 434 g/mol. The summed E-state index contributed by atoms with van der Waals surface area (Å²) in [5.41, 5.74) is -1.23. The Labute approximate surface area is 159 Å². The van der Waals surface area contributed by atoms with Gasteiger partial charge in [-0.2, -0.15) is 16.8 Å². The van der Waals surface area contributed by atoms with Crippen LogP contribution in [0.3, 0.4) is 0 Å². The van der Waals surface area contributed by atoms with Crippen molar-refractivity contribution in [1.82, 2.24) is 0 Å². The number of ketones is 1. The van der Waals surface area contributed by atoms with E-state index in [1.54, 1.807) is 0 Å². The lowest BCUT2D eigenvalue weighted by Crippen LogP contribution is -2.09. The fourth-order valence-corrected chi connectivity index (χ4v) is 3.69. The van der Waals surface area contributed by atoms with Gasteiger partial charge in [0.1, 0.15) is 21.3 Å². The summed E-state index contributed by atoms with van der Waals surface area (Å²) in [6.07, 6.45) is 0. The Morgan fingerprint density at radius 2 is 1.43 bits per heavy atom. The van der Waals surface area contributed by atoms with Crippen molar-refractivity contribution in [3.63, 3.8) is 0 Å². The van der Waals surface area contributed by atoms with Crippen LogP contribution in [-0.4, -0.2) is 56.2 Å². The number of carbonyl (C=O) groups excluding carboxylic acids is 1. The minimum absolute atomic E-state index is 0.444. The van der Waals surface area contributed by atoms with Gasteiger partial charge in [0, 0.05) is 6.07 Å². The van der Waals surface area contributed by atoms with E-state index < -0.39 is 69.9 Å². The van der Waals surface area contributed by atoms with Crippen LogP contribution in [0.1, 0.15) is 15.9 Å². The molecule has 0 heterocycles. The average Bonchev–Trinajstić information content (AvgIpc) is 2.58. The molecule has 0 radical (unpaired) electrons. The number of phenols is 2. The fraction of sp³-hybridized carbons (Fsp3) is 0.133. The van der Waals surface area contributed by atoms with E-state index in [1.165, 1.54) is 0 Å². The van der Waals surface area contributed by atoms with E-state index in [2.05, 4.69) is 0 Å². The molecule has 0 amide bonds. The van der Waals surface area contributed by atoms with Crippen LogP contribution in [0.5, 0.6) is 23.0 Å². The average molecular weight is 434 g/mol. The first-order chi connectivity index (χ1) is 12.8. The summed E-state index contributed by atoms with van der Waals surface area (Å²) in [4.78, 5) is 11.1. The van der Waals surface area contributed by atoms with Crippen molar-refractivity contribution in [3.05, 3.63) is 35.4 Å². The summed E-state index contributed by atoms with van der Waals surface area (Å²) in [5, 5.41) is 20.2. The molecule has 152 valence electrons. The van der Waals surface area contributed by atoms with Crippen molar-refractivity contribution < 1.29 is 50.4 Å². The fourth-order valence-electron chi connectivity index (χ4n) is 2.37.